The van der Waals surface area contributed by atoms with E-state index in [1.807, 2.05) is 34.6 Å². The Balaban J connectivity index is 2.89. The molecular formula is C17H31NO3. The number of carbonyl (C=O) groups is 2. The minimum Gasteiger partial charge on any atom is -0.444 e. The summed E-state index contributed by atoms with van der Waals surface area (Å²) in [6.07, 6.45) is 5.18. The first-order chi connectivity index (χ1) is 9.63. The lowest BCUT2D eigenvalue weighted by Gasteiger charge is -2.37. The zero-order valence-electron chi connectivity index (χ0n) is 14.4. The standard InChI is InChI=1S/C17H31NO3/c1-12(2)15(19)14(13-10-8-7-9-11-13)18(6)16(20)21-17(3,4)5/h12-14H,7-11H2,1-6H3/t14-/m1/s1. The van der Waals surface area contributed by atoms with E-state index in [9.17, 15) is 9.59 Å². The van der Waals surface area contributed by atoms with E-state index >= 15 is 0 Å². The Bertz CT molecular complexity index is 365. The lowest BCUT2D eigenvalue weighted by atomic mass is 9.79. The molecule has 4 heteroatoms. The molecule has 1 fully saturated rings. The van der Waals surface area contributed by atoms with Crippen molar-refractivity contribution in [2.75, 3.05) is 7.05 Å². The van der Waals surface area contributed by atoms with Gasteiger partial charge in [0, 0.05) is 13.0 Å². The molecule has 0 N–H and O–H groups in total. The lowest BCUT2D eigenvalue weighted by Crippen LogP contribution is -2.50. The average molecular weight is 297 g/mol. The Morgan fingerprint density at radius 3 is 2.05 bits per heavy atom. The first kappa shape index (κ1) is 18.0. The van der Waals surface area contributed by atoms with Crippen molar-refractivity contribution in [3.8, 4) is 0 Å². The summed E-state index contributed by atoms with van der Waals surface area (Å²) >= 11 is 0. The third kappa shape index (κ3) is 5.33. The summed E-state index contributed by atoms with van der Waals surface area (Å²) in [5.41, 5.74) is -0.538. The van der Waals surface area contributed by atoms with Gasteiger partial charge in [-0.15, -0.1) is 0 Å². The number of hydrogen-bond donors (Lipinski definition) is 0. The smallest absolute Gasteiger partial charge is 0.410 e. The largest absolute Gasteiger partial charge is 0.444 e. The van der Waals surface area contributed by atoms with Gasteiger partial charge in [-0.2, -0.15) is 0 Å². The summed E-state index contributed by atoms with van der Waals surface area (Å²) in [6.45, 7) is 9.35. The summed E-state index contributed by atoms with van der Waals surface area (Å²) < 4.78 is 5.44. The third-order valence-corrected chi connectivity index (χ3v) is 4.06. The minimum absolute atomic E-state index is 0.0678. The highest BCUT2D eigenvalue weighted by Gasteiger charge is 2.37. The normalized spacial score (nSPS) is 18.4. The van der Waals surface area contributed by atoms with Crippen molar-refractivity contribution in [3.63, 3.8) is 0 Å². The first-order valence-corrected chi connectivity index (χ1v) is 8.13. The van der Waals surface area contributed by atoms with Crippen molar-refractivity contribution in [2.45, 2.75) is 78.4 Å². The predicted molar refractivity (Wildman–Crippen MR) is 84.2 cm³/mol. The van der Waals surface area contributed by atoms with E-state index < -0.39 is 11.7 Å². The van der Waals surface area contributed by atoms with Gasteiger partial charge in [0.1, 0.15) is 5.60 Å². The molecule has 0 aromatic carbocycles. The minimum atomic E-state index is -0.538. The summed E-state index contributed by atoms with van der Waals surface area (Å²) in [5.74, 6) is 0.350. The maximum absolute atomic E-state index is 12.6. The van der Waals surface area contributed by atoms with Gasteiger partial charge in [0.05, 0.1) is 6.04 Å². The Morgan fingerprint density at radius 2 is 1.62 bits per heavy atom. The Morgan fingerprint density at radius 1 is 1.10 bits per heavy atom. The van der Waals surface area contributed by atoms with E-state index in [2.05, 4.69) is 0 Å². The van der Waals surface area contributed by atoms with Crippen LogP contribution in [0, 0.1) is 11.8 Å². The van der Waals surface area contributed by atoms with Crippen molar-refractivity contribution < 1.29 is 14.3 Å². The van der Waals surface area contributed by atoms with E-state index in [-0.39, 0.29) is 23.7 Å². The van der Waals surface area contributed by atoms with Gasteiger partial charge in [0.25, 0.3) is 0 Å². The van der Waals surface area contributed by atoms with Gasteiger partial charge in [-0.1, -0.05) is 33.1 Å². The van der Waals surface area contributed by atoms with Crippen LogP contribution in [-0.4, -0.2) is 35.5 Å². The molecule has 1 atom stereocenters. The van der Waals surface area contributed by atoms with E-state index in [0.717, 1.165) is 25.7 Å². The number of nitrogens with zero attached hydrogens (tertiary/aromatic N) is 1. The van der Waals surface area contributed by atoms with Crippen LogP contribution < -0.4 is 0 Å². The van der Waals surface area contributed by atoms with Gasteiger partial charge in [-0.25, -0.2) is 4.79 Å². The molecule has 0 heterocycles. The maximum Gasteiger partial charge on any atom is 0.410 e. The monoisotopic (exact) mass is 297 g/mol. The van der Waals surface area contributed by atoms with Crippen molar-refractivity contribution in [1.82, 2.24) is 4.90 Å². The second kappa shape index (κ2) is 7.28. The summed E-state index contributed by atoms with van der Waals surface area (Å²) in [6, 6.07) is -0.347. The van der Waals surface area contributed by atoms with Crippen molar-refractivity contribution in [2.24, 2.45) is 11.8 Å². The Labute approximate surface area is 129 Å². The predicted octanol–water partition coefficient (Wildman–Crippen LogP) is 4.03. The molecule has 1 rings (SSSR count). The highest BCUT2D eigenvalue weighted by atomic mass is 16.6. The molecule has 0 bridgehead atoms. The van der Waals surface area contributed by atoms with Crippen LogP contribution in [0.15, 0.2) is 0 Å². The molecule has 122 valence electrons. The number of ether oxygens (including phenoxy) is 1. The fourth-order valence-electron chi connectivity index (χ4n) is 2.98. The quantitative estimate of drug-likeness (QED) is 0.787. The molecule has 0 saturated heterocycles. The van der Waals surface area contributed by atoms with Crippen LogP contribution >= 0.6 is 0 Å². The number of hydrogen-bond acceptors (Lipinski definition) is 3. The molecule has 0 radical (unpaired) electrons. The van der Waals surface area contributed by atoms with Gasteiger partial charge >= 0.3 is 6.09 Å². The van der Waals surface area contributed by atoms with E-state index in [1.54, 1.807) is 7.05 Å². The third-order valence-electron chi connectivity index (χ3n) is 4.06. The van der Waals surface area contributed by atoms with Crippen LogP contribution in [0.1, 0.15) is 66.7 Å². The zero-order valence-corrected chi connectivity index (χ0v) is 14.4. The lowest BCUT2D eigenvalue weighted by molar-refractivity contribution is -0.129. The van der Waals surface area contributed by atoms with Crippen LogP contribution in [0.2, 0.25) is 0 Å². The molecule has 0 unspecified atom stereocenters. The molecular weight excluding hydrogens is 266 g/mol. The number of rotatable bonds is 4. The van der Waals surface area contributed by atoms with Gasteiger partial charge in [0.15, 0.2) is 5.78 Å². The van der Waals surface area contributed by atoms with Crippen molar-refractivity contribution >= 4 is 11.9 Å². The van der Waals surface area contributed by atoms with Crippen LogP contribution in [-0.2, 0) is 9.53 Å². The zero-order chi connectivity index (χ0) is 16.2. The summed E-state index contributed by atoms with van der Waals surface area (Å²) in [7, 11) is 1.70. The maximum atomic E-state index is 12.6. The molecule has 4 nitrogen and oxygen atoms in total. The number of Topliss-reactive ketones (excluding diaryl/α,β-unsaturated/α-hetero) is 1. The Hall–Kier alpha value is -1.06. The SMILES string of the molecule is CC(C)C(=O)[C@@H](C1CCCCC1)N(C)C(=O)OC(C)(C)C. The second-order valence-electron chi connectivity index (χ2n) is 7.49. The molecule has 0 aromatic heterocycles. The van der Waals surface area contributed by atoms with E-state index in [1.165, 1.54) is 11.3 Å². The van der Waals surface area contributed by atoms with Crippen LogP contribution in [0.4, 0.5) is 4.79 Å². The average Bonchev–Trinajstić information content (AvgIpc) is 2.37. The number of likely N-dealkylation sites (N-methyl/N-ethyl adjacent to an activating group) is 1. The Kier molecular flexibility index (Phi) is 6.24. The molecule has 1 saturated carbocycles. The van der Waals surface area contributed by atoms with Crippen LogP contribution in [0.25, 0.3) is 0 Å². The first-order valence-electron chi connectivity index (χ1n) is 8.13. The summed E-state index contributed by atoms with van der Waals surface area (Å²) in [5, 5.41) is 0. The van der Waals surface area contributed by atoms with Crippen molar-refractivity contribution in [3.05, 3.63) is 0 Å². The van der Waals surface area contributed by atoms with Gasteiger partial charge in [0.2, 0.25) is 0 Å². The second-order valence-corrected chi connectivity index (χ2v) is 7.49. The molecule has 1 aliphatic rings. The van der Waals surface area contributed by atoms with Gasteiger partial charge in [-0.05, 0) is 39.5 Å². The number of ketones is 1. The molecule has 0 aromatic rings. The molecule has 1 aliphatic carbocycles. The van der Waals surface area contributed by atoms with Crippen molar-refractivity contribution in [1.29, 1.82) is 0 Å². The molecule has 0 spiro atoms. The highest BCUT2D eigenvalue weighted by Crippen LogP contribution is 2.31. The highest BCUT2D eigenvalue weighted by molar-refractivity contribution is 5.89. The van der Waals surface area contributed by atoms with Gasteiger partial charge < -0.3 is 9.64 Å². The summed E-state index contributed by atoms with van der Waals surface area (Å²) in [4.78, 5) is 26.5. The van der Waals surface area contributed by atoms with E-state index in [4.69, 9.17) is 4.74 Å². The topological polar surface area (TPSA) is 46.6 Å². The van der Waals surface area contributed by atoms with Crippen LogP contribution in [0.3, 0.4) is 0 Å². The molecule has 0 aliphatic heterocycles. The van der Waals surface area contributed by atoms with Gasteiger partial charge in [-0.3, -0.25) is 4.79 Å². The van der Waals surface area contributed by atoms with Crippen LogP contribution in [0.5, 0.6) is 0 Å². The number of carbonyl (C=O) groups excluding carboxylic acids is 2. The number of amides is 1. The molecule has 21 heavy (non-hydrogen) atoms. The van der Waals surface area contributed by atoms with E-state index in [0.29, 0.717) is 0 Å². The fourth-order valence-corrected chi connectivity index (χ4v) is 2.98. The fraction of sp³-hybridized carbons (Fsp3) is 0.882. The molecule has 1 amide bonds.